The molecule has 0 radical (unpaired) electrons. The van der Waals surface area contributed by atoms with Crippen LogP contribution in [0.2, 0.25) is 0 Å². The van der Waals surface area contributed by atoms with Crippen molar-refractivity contribution in [3.8, 4) is 5.75 Å². The Kier molecular flexibility index (Phi) is 4.61. The predicted octanol–water partition coefficient (Wildman–Crippen LogP) is 4.20. The van der Waals surface area contributed by atoms with Gasteiger partial charge in [-0.25, -0.2) is 0 Å². The van der Waals surface area contributed by atoms with E-state index in [0.29, 0.717) is 6.61 Å². The van der Waals surface area contributed by atoms with E-state index in [1.165, 1.54) is 5.56 Å². The summed E-state index contributed by atoms with van der Waals surface area (Å²) in [5.74, 6) is 0.858. The lowest BCUT2D eigenvalue weighted by atomic mass is 9.95. The Morgan fingerprint density at radius 2 is 1.89 bits per heavy atom. The molecule has 0 aliphatic carbocycles. The van der Waals surface area contributed by atoms with Gasteiger partial charge >= 0.3 is 0 Å². The second-order valence-corrected chi connectivity index (χ2v) is 5.37. The van der Waals surface area contributed by atoms with Gasteiger partial charge in [0.1, 0.15) is 5.75 Å². The molecule has 0 saturated carbocycles. The summed E-state index contributed by atoms with van der Waals surface area (Å²) >= 11 is 3.50. The SMILES string of the molecule is CCOc1ccccc1C(N)c1cc(Br)ccc1C. The van der Waals surface area contributed by atoms with Crippen LogP contribution < -0.4 is 10.5 Å². The number of para-hydroxylation sites is 1. The van der Waals surface area contributed by atoms with Crippen LogP contribution in [0.3, 0.4) is 0 Å². The minimum Gasteiger partial charge on any atom is -0.494 e. The van der Waals surface area contributed by atoms with Crippen molar-refractivity contribution in [3.05, 3.63) is 63.6 Å². The molecule has 3 heteroatoms. The maximum atomic E-state index is 6.42. The van der Waals surface area contributed by atoms with Crippen LogP contribution in [0.5, 0.6) is 5.75 Å². The lowest BCUT2D eigenvalue weighted by Gasteiger charge is -2.19. The van der Waals surface area contributed by atoms with E-state index in [1.54, 1.807) is 0 Å². The summed E-state index contributed by atoms with van der Waals surface area (Å²) < 4.78 is 6.70. The smallest absolute Gasteiger partial charge is 0.124 e. The van der Waals surface area contributed by atoms with Gasteiger partial charge in [0.05, 0.1) is 12.6 Å². The summed E-state index contributed by atoms with van der Waals surface area (Å²) in [4.78, 5) is 0. The predicted molar refractivity (Wildman–Crippen MR) is 82.5 cm³/mol. The number of nitrogens with two attached hydrogens (primary N) is 1. The Morgan fingerprint density at radius 1 is 1.16 bits per heavy atom. The Bertz CT molecular complexity index is 568. The molecule has 0 fully saturated rings. The molecular weight excluding hydrogens is 302 g/mol. The monoisotopic (exact) mass is 319 g/mol. The van der Waals surface area contributed by atoms with Crippen LogP contribution in [0.4, 0.5) is 0 Å². The van der Waals surface area contributed by atoms with Gasteiger partial charge < -0.3 is 10.5 Å². The molecule has 0 aliphatic rings. The Morgan fingerprint density at radius 3 is 2.63 bits per heavy atom. The molecule has 100 valence electrons. The normalized spacial score (nSPS) is 12.2. The third kappa shape index (κ3) is 3.17. The Hall–Kier alpha value is -1.32. The van der Waals surface area contributed by atoms with Gasteiger partial charge in [-0.3, -0.25) is 0 Å². The number of aryl methyl sites for hydroxylation is 1. The fourth-order valence-electron chi connectivity index (χ4n) is 2.14. The number of halogens is 1. The van der Waals surface area contributed by atoms with E-state index in [4.69, 9.17) is 10.5 Å². The topological polar surface area (TPSA) is 35.2 Å². The van der Waals surface area contributed by atoms with Gasteiger partial charge in [-0.15, -0.1) is 0 Å². The Labute approximate surface area is 122 Å². The van der Waals surface area contributed by atoms with E-state index < -0.39 is 0 Å². The van der Waals surface area contributed by atoms with E-state index in [-0.39, 0.29) is 6.04 Å². The fraction of sp³-hybridized carbons (Fsp3) is 0.250. The average molecular weight is 320 g/mol. The summed E-state index contributed by atoms with van der Waals surface area (Å²) in [6, 6.07) is 13.9. The largest absolute Gasteiger partial charge is 0.494 e. The van der Waals surface area contributed by atoms with Crippen molar-refractivity contribution >= 4 is 15.9 Å². The standard InChI is InChI=1S/C16H18BrNO/c1-3-19-15-7-5-4-6-13(15)16(18)14-10-12(17)9-8-11(14)2/h4-10,16H,3,18H2,1-2H3. The van der Waals surface area contributed by atoms with Crippen molar-refractivity contribution in [1.29, 1.82) is 0 Å². The van der Waals surface area contributed by atoms with Gasteiger partial charge in [-0.1, -0.05) is 40.2 Å². The van der Waals surface area contributed by atoms with Crippen LogP contribution in [0.15, 0.2) is 46.9 Å². The molecule has 2 nitrogen and oxygen atoms in total. The number of hydrogen-bond donors (Lipinski definition) is 1. The molecule has 2 rings (SSSR count). The van der Waals surface area contributed by atoms with E-state index >= 15 is 0 Å². The van der Waals surface area contributed by atoms with Crippen LogP contribution in [0, 0.1) is 6.92 Å². The van der Waals surface area contributed by atoms with E-state index in [2.05, 4.69) is 35.0 Å². The van der Waals surface area contributed by atoms with Crippen molar-refractivity contribution in [1.82, 2.24) is 0 Å². The third-order valence-corrected chi connectivity index (χ3v) is 3.62. The molecule has 0 amide bonds. The minimum absolute atomic E-state index is 0.180. The molecule has 0 bridgehead atoms. The molecule has 1 atom stereocenters. The van der Waals surface area contributed by atoms with E-state index in [1.807, 2.05) is 37.3 Å². The molecule has 0 aliphatic heterocycles. The zero-order chi connectivity index (χ0) is 13.8. The average Bonchev–Trinajstić information content (AvgIpc) is 2.42. The van der Waals surface area contributed by atoms with Crippen molar-refractivity contribution in [3.63, 3.8) is 0 Å². The lowest BCUT2D eigenvalue weighted by molar-refractivity contribution is 0.335. The number of hydrogen-bond acceptors (Lipinski definition) is 2. The van der Waals surface area contributed by atoms with Crippen LogP contribution in [-0.4, -0.2) is 6.61 Å². The molecular formula is C16H18BrNO. The first-order valence-corrected chi connectivity index (χ1v) is 7.16. The van der Waals surface area contributed by atoms with Gasteiger partial charge in [0.25, 0.3) is 0 Å². The zero-order valence-electron chi connectivity index (χ0n) is 11.2. The first-order chi connectivity index (χ1) is 9.13. The van der Waals surface area contributed by atoms with Crippen molar-refractivity contribution < 1.29 is 4.74 Å². The quantitative estimate of drug-likeness (QED) is 0.916. The van der Waals surface area contributed by atoms with Gasteiger partial charge in [0.15, 0.2) is 0 Å². The summed E-state index contributed by atoms with van der Waals surface area (Å²) in [6.45, 7) is 4.69. The second kappa shape index (κ2) is 6.22. The lowest BCUT2D eigenvalue weighted by Crippen LogP contribution is -2.14. The fourth-order valence-corrected chi connectivity index (χ4v) is 2.52. The minimum atomic E-state index is -0.180. The van der Waals surface area contributed by atoms with Crippen molar-refractivity contribution in [2.24, 2.45) is 5.73 Å². The van der Waals surface area contributed by atoms with Crippen molar-refractivity contribution in [2.45, 2.75) is 19.9 Å². The maximum absolute atomic E-state index is 6.42. The molecule has 2 aromatic carbocycles. The maximum Gasteiger partial charge on any atom is 0.124 e. The van der Waals surface area contributed by atoms with Crippen LogP contribution >= 0.6 is 15.9 Å². The number of benzene rings is 2. The highest BCUT2D eigenvalue weighted by Crippen LogP contribution is 2.31. The van der Waals surface area contributed by atoms with Gasteiger partial charge in [0, 0.05) is 10.0 Å². The molecule has 19 heavy (non-hydrogen) atoms. The molecule has 2 aromatic rings. The van der Waals surface area contributed by atoms with Crippen LogP contribution in [0.1, 0.15) is 29.7 Å². The molecule has 0 spiro atoms. The van der Waals surface area contributed by atoms with Gasteiger partial charge in [-0.05, 0) is 43.2 Å². The third-order valence-electron chi connectivity index (χ3n) is 3.13. The van der Waals surface area contributed by atoms with Crippen LogP contribution in [0.25, 0.3) is 0 Å². The van der Waals surface area contributed by atoms with E-state index in [9.17, 15) is 0 Å². The molecule has 2 N–H and O–H groups in total. The van der Waals surface area contributed by atoms with E-state index in [0.717, 1.165) is 21.3 Å². The molecule has 0 heterocycles. The molecule has 0 saturated heterocycles. The Balaban J connectivity index is 2.43. The second-order valence-electron chi connectivity index (χ2n) is 4.45. The summed E-state index contributed by atoms with van der Waals surface area (Å²) in [5, 5.41) is 0. The highest BCUT2D eigenvalue weighted by molar-refractivity contribution is 9.10. The summed E-state index contributed by atoms with van der Waals surface area (Å²) in [7, 11) is 0. The summed E-state index contributed by atoms with van der Waals surface area (Å²) in [5.41, 5.74) is 9.73. The van der Waals surface area contributed by atoms with Crippen molar-refractivity contribution in [2.75, 3.05) is 6.61 Å². The first kappa shape index (κ1) is 14.1. The van der Waals surface area contributed by atoms with Crippen LogP contribution in [-0.2, 0) is 0 Å². The molecule has 1 unspecified atom stereocenters. The highest BCUT2D eigenvalue weighted by Gasteiger charge is 2.15. The summed E-state index contributed by atoms with van der Waals surface area (Å²) in [6.07, 6.45) is 0. The molecule has 0 aromatic heterocycles. The first-order valence-electron chi connectivity index (χ1n) is 6.36. The van der Waals surface area contributed by atoms with Gasteiger partial charge in [0.2, 0.25) is 0 Å². The van der Waals surface area contributed by atoms with Gasteiger partial charge in [-0.2, -0.15) is 0 Å². The number of rotatable bonds is 4. The zero-order valence-corrected chi connectivity index (χ0v) is 12.8. The number of ether oxygens (including phenoxy) is 1. The highest BCUT2D eigenvalue weighted by atomic mass is 79.9.